The zero-order valence-corrected chi connectivity index (χ0v) is 13.0. The lowest BCUT2D eigenvalue weighted by Gasteiger charge is -2.15. The smallest absolute Gasteiger partial charge is 0.342 e. The van der Waals surface area contributed by atoms with E-state index in [9.17, 15) is 19.8 Å². The van der Waals surface area contributed by atoms with Crippen LogP contribution in [0.25, 0.3) is 0 Å². The van der Waals surface area contributed by atoms with Crippen LogP contribution >= 0.6 is 0 Å². The Kier molecular flexibility index (Phi) is 5.57. The molecule has 0 saturated heterocycles. The summed E-state index contributed by atoms with van der Waals surface area (Å²) in [6.07, 6.45) is 8.83. The van der Waals surface area contributed by atoms with E-state index in [0.29, 0.717) is 6.42 Å². The first-order valence-electron chi connectivity index (χ1n) is 7.57. The highest BCUT2D eigenvalue weighted by molar-refractivity contribution is 5.98. The number of benzene rings is 1. The number of hydrogen-bond acceptors (Lipinski definition) is 5. The molecule has 2 N–H and O–H groups in total. The van der Waals surface area contributed by atoms with Crippen LogP contribution in [0.1, 0.15) is 42.1 Å². The van der Waals surface area contributed by atoms with Crippen molar-refractivity contribution in [3.05, 3.63) is 47.6 Å². The van der Waals surface area contributed by atoms with Crippen molar-refractivity contribution in [3.8, 4) is 11.5 Å². The monoisotopic (exact) mass is 316 g/mol. The van der Waals surface area contributed by atoms with Crippen LogP contribution in [0, 0.1) is 0 Å². The molecule has 0 saturated carbocycles. The maximum atomic E-state index is 12.3. The average Bonchev–Trinajstić information content (AvgIpc) is 2.44. The normalized spacial score (nSPS) is 22.6. The second kappa shape index (κ2) is 7.63. The number of phenols is 2. The molecule has 1 aromatic carbocycles. The van der Waals surface area contributed by atoms with Crippen LogP contribution in [0.3, 0.4) is 0 Å². The number of phenolic OH excluding ortho intramolecular Hbond substituents is 2. The van der Waals surface area contributed by atoms with E-state index < -0.39 is 11.7 Å². The third kappa shape index (κ3) is 4.71. The van der Waals surface area contributed by atoms with Crippen molar-refractivity contribution in [2.24, 2.45) is 0 Å². The standard InChI is InChI=1S/C18H20O5/c1-12-7-5-3-2-4-6-8-14(19)9-13-10-15(20)11-16(21)17(13)18(22)23-12/h3,5-6,8,10-12,20-21H,2,4,7,9H2,1H3/b5-3+,8-6+/t12-/m0/s1. The highest BCUT2D eigenvalue weighted by atomic mass is 16.5. The van der Waals surface area contributed by atoms with Crippen LogP contribution in [-0.2, 0) is 16.0 Å². The molecule has 2 rings (SSSR count). The van der Waals surface area contributed by atoms with Gasteiger partial charge in [0.25, 0.3) is 0 Å². The second-order valence-corrected chi connectivity index (χ2v) is 5.54. The van der Waals surface area contributed by atoms with Crippen LogP contribution in [-0.4, -0.2) is 28.1 Å². The highest BCUT2D eigenvalue weighted by Gasteiger charge is 2.22. The van der Waals surface area contributed by atoms with E-state index in [-0.39, 0.29) is 35.2 Å². The Morgan fingerprint density at radius 1 is 1.09 bits per heavy atom. The summed E-state index contributed by atoms with van der Waals surface area (Å²) in [5, 5.41) is 19.6. The summed E-state index contributed by atoms with van der Waals surface area (Å²) in [5.74, 6) is -1.51. The van der Waals surface area contributed by atoms with E-state index in [1.54, 1.807) is 13.0 Å². The van der Waals surface area contributed by atoms with Crippen molar-refractivity contribution in [1.29, 1.82) is 0 Å². The summed E-state index contributed by atoms with van der Waals surface area (Å²) >= 11 is 0. The van der Waals surface area contributed by atoms with Crippen molar-refractivity contribution in [2.45, 2.75) is 38.7 Å². The number of esters is 1. The summed E-state index contributed by atoms with van der Waals surface area (Å²) < 4.78 is 5.32. The fourth-order valence-corrected chi connectivity index (χ4v) is 2.39. The van der Waals surface area contributed by atoms with Gasteiger partial charge in [0.1, 0.15) is 23.2 Å². The maximum absolute atomic E-state index is 12.3. The summed E-state index contributed by atoms with van der Waals surface area (Å²) in [7, 11) is 0. The number of rotatable bonds is 0. The van der Waals surface area contributed by atoms with Gasteiger partial charge in [0.2, 0.25) is 0 Å². The van der Waals surface area contributed by atoms with Gasteiger partial charge in [-0.15, -0.1) is 0 Å². The van der Waals surface area contributed by atoms with Crippen LogP contribution in [0.15, 0.2) is 36.4 Å². The molecule has 0 bridgehead atoms. The van der Waals surface area contributed by atoms with Gasteiger partial charge in [-0.1, -0.05) is 18.2 Å². The minimum absolute atomic E-state index is 0.0718. The van der Waals surface area contributed by atoms with Gasteiger partial charge in [0.05, 0.1) is 0 Å². The lowest BCUT2D eigenvalue weighted by atomic mass is 10.00. The predicted molar refractivity (Wildman–Crippen MR) is 85.5 cm³/mol. The molecule has 5 nitrogen and oxygen atoms in total. The SMILES string of the molecule is C[C@H]1C/C=C/CC/C=C/C(=O)Cc2cc(O)cc(O)c2C(=O)O1. The minimum atomic E-state index is -0.702. The highest BCUT2D eigenvalue weighted by Crippen LogP contribution is 2.29. The second-order valence-electron chi connectivity index (χ2n) is 5.54. The topological polar surface area (TPSA) is 83.8 Å². The molecule has 1 aliphatic rings. The van der Waals surface area contributed by atoms with E-state index >= 15 is 0 Å². The zero-order valence-electron chi connectivity index (χ0n) is 13.0. The average molecular weight is 316 g/mol. The Morgan fingerprint density at radius 3 is 2.61 bits per heavy atom. The Hall–Kier alpha value is -2.56. The van der Waals surface area contributed by atoms with Crippen LogP contribution in [0.2, 0.25) is 0 Å². The molecule has 122 valence electrons. The van der Waals surface area contributed by atoms with Gasteiger partial charge in [0, 0.05) is 18.9 Å². The van der Waals surface area contributed by atoms with Gasteiger partial charge in [-0.3, -0.25) is 4.79 Å². The van der Waals surface area contributed by atoms with Crippen LogP contribution in [0.4, 0.5) is 0 Å². The van der Waals surface area contributed by atoms with Gasteiger partial charge in [-0.25, -0.2) is 4.79 Å². The van der Waals surface area contributed by atoms with E-state index in [1.165, 1.54) is 12.1 Å². The van der Waals surface area contributed by atoms with E-state index in [4.69, 9.17) is 4.74 Å². The number of fused-ring (bicyclic) bond motifs is 1. The van der Waals surface area contributed by atoms with Crippen molar-refractivity contribution < 1.29 is 24.5 Å². The summed E-state index contributed by atoms with van der Waals surface area (Å²) in [6, 6.07) is 2.37. The molecular weight excluding hydrogens is 296 g/mol. The van der Waals surface area contributed by atoms with Gasteiger partial charge in [-0.05, 0) is 37.5 Å². The quantitative estimate of drug-likeness (QED) is 0.568. The van der Waals surface area contributed by atoms with Crippen molar-refractivity contribution in [2.75, 3.05) is 0 Å². The van der Waals surface area contributed by atoms with E-state index in [0.717, 1.165) is 18.9 Å². The van der Waals surface area contributed by atoms with Gasteiger partial charge >= 0.3 is 5.97 Å². The van der Waals surface area contributed by atoms with Gasteiger partial charge in [-0.2, -0.15) is 0 Å². The number of hydrogen-bond donors (Lipinski definition) is 2. The van der Waals surface area contributed by atoms with E-state index in [2.05, 4.69) is 0 Å². The van der Waals surface area contributed by atoms with Gasteiger partial charge in [0.15, 0.2) is 5.78 Å². The minimum Gasteiger partial charge on any atom is -0.508 e. The molecule has 5 heteroatoms. The lowest BCUT2D eigenvalue weighted by molar-refractivity contribution is -0.114. The first-order valence-corrected chi connectivity index (χ1v) is 7.57. The molecule has 1 aromatic rings. The number of carbonyl (C=O) groups is 2. The first-order chi connectivity index (χ1) is 11.0. The van der Waals surface area contributed by atoms with Crippen LogP contribution < -0.4 is 0 Å². The third-order valence-electron chi connectivity index (χ3n) is 3.50. The molecule has 0 spiro atoms. The molecule has 0 amide bonds. The molecular formula is C18H20O5. The fraction of sp³-hybridized carbons (Fsp3) is 0.333. The molecule has 23 heavy (non-hydrogen) atoms. The number of carbonyl (C=O) groups excluding carboxylic acids is 2. The van der Waals surface area contributed by atoms with Crippen molar-refractivity contribution in [1.82, 2.24) is 0 Å². The zero-order chi connectivity index (χ0) is 16.8. The fourth-order valence-electron chi connectivity index (χ4n) is 2.39. The maximum Gasteiger partial charge on any atom is 0.342 e. The summed E-state index contributed by atoms with van der Waals surface area (Å²) in [6.45, 7) is 1.76. The Balaban J connectivity index is 2.40. The van der Waals surface area contributed by atoms with Gasteiger partial charge < -0.3 is 14.9 Å². The van der Waals surface area contributed by atoms with Crippen LogP contribution in [0.5, 0.6) is 11.5 Å². The summed E-state index contributed by atoms with van der Waals surface area (Å²) in [5.41, 5.74) is 0.180. The molecule has 1 atom stereocenters. The molecule has 0 aromatic heterocycles. The molecule has 1 heterocycles. The third-order valence-corrected chi connectivity index (χ3v) is 3.50. The predicted octanol–water partition coefficient (Wildman–Crippen LogP) is 3.05. The Morgan fingerprint density at radius 2 is 1.83 bits per heavy atom. The Bertz CT molecular complexity index is 658. The first kappa shape index (κ1) is 16.8. The molecule has 0 fully saturated rings. The summed E-state index contributed by atoms with van der Waals surface area (Å²) in [4.78, 5) is 24.3. The number of cyclic esters (lactones) is 1. The lowest BCUT2D eigenvalue weighted by Crippen LogP contribution is -2.17. The van der Waals surface area contributed by atoms with Crippen molar-refractivity contribution >= 4 is 11.8 Å². The number of aromatic hydroxyl groups is 2. The largest absolute Gasteiger partial charge is 0.508 e. The Labute approximate surface area is 134 Å². The number of ether oxygens (including phenoxy) is 1. The van der Waals surface area contributed by atoms with E-state index in [1.807, 2.05) is 12.2 Å². The molecule has 0 unspecified atom stereocenters. The van der Waals surface area contributed by atoms with Crippen molar-refractivity contribution in [3.63, 3.8) is 0 Å². The number of allylic oxidation sites excluding steroid dienone is 3. The number of ketones is 1. The molecule has 0 radical (unpaired) electrons. The molecule has 0 aliphatic carbocycles. The molecule has 1 aliphatic heterocycles.